The van der Waals surface area contributed by atoms with Crippen molar-refractivity contribution in [3.05, 3.63) is 52.5 Å². The molecule has 27 heavy (non-hydrogen) atoms. The van der Waals surface area contributed by atoms with Crippen molar-refractivity contribution in [1.29, 1.82) is 0 Å². The van der Waals surface area contributed by atoms with Crippen LogP contribution in [0.2, 0.25) is 0 Å². The van der Waals surface area contributed by atoms with Crippen LogP contribution in [0.1, 0.15) is 35.0 Å². The van der Waals surface area contributed by atoms with Crippen LogP contribution in [0.25, 0.3) is 10.9 Å². The average Bonchev–Trinajstić information content (AvgIpc) is 3.19. The van der Waals surface area contributed by atoms with Crippen LogP contribution in [0.4, 0.5) is 0 Å². The zero-order valence-corrected chi connectivity index (χ0v) is 17.0. The Balaban J connectivity index is 1.57. The van der Waals surface area contributed by atoms with E-state index in [4.69, 9.17) is 0 Å². The lowest BCUT2D eigenvalue weighted by atomic mass is 10.1. The van der Waals surface area contributed by atoms with Crippen LogP contribution < -0.4 is 10.6 Å². The summed E-state index contributed by atoms with van der Waals surface area (Å²) in [7, 11) is 3.78. The number of aromatic amines is 1. The van der Waals surface area contributed by atoms with Crippen LogP contribution in [0.5, 0.6) is 0 Å². The number of hydrogen-bond acceptors (Lipinski definition) is 2. The fourth-order valence-electron chi connectivity index (χ4n) is 3.56. The van der Waals surface area contributed by atoms with Crippen molar-refractivity contribution in [3.63, 3.8) is 0 Å². The molecule has 3 rings (SSSR count). The molecule has 0 aliphatic carbocycles. The van der Waals surface area contributed by atoms with Gasteiger partial charge in [-0.2, -0.15) is 5.10 Å². The first-order chi connectivity index (χ1) is 13.0. The van der Waals surface area contributed by atoms with Gasteiger partial charge in [0, 0.05) is 55.5 Å². The van der Waals surface area contributed by atoms with E-state index in [-0.39, 0.29) is 0 Å². The van der Waals surface area contributed by atoms with Gasteiger partial charge in [0.25, 0.3) is 0 Å². The van der Waals surface area contributed by atoms with Gasteiger partial charge < -0.3 is 15.6 Å². The van der Waals surface area contributed by atoms with Crippen molar-refractivity contribution >= 4 is 16.9 Å². The number of fused-ring (bicyclic) bond motifs is 1. The Morgan fingerprint density at radius 2 is 2.04 bits per heavy atom. The molecule has 0 amide bonds. The first-order valence-electron chi connectivity index (χ1n) is 9.56. The largest absolute Gasteiger partial charge is 0.361 e. The molecule has 6 nitrogen and oxygen atoms in total. The SMILES string of the molecule is CCc1cccc2c(CCNC(=NC)NCc3c(C)nn(C)c3C)c[nH]c12. The molecule has 0 aliphatic heterocycles. The third-order valence-corrected chi connectivity index (χ3v) is 5.27. The molecule has 6 heteroatoms. The van der Waals surface area contributed by atoms with Gasteiger partial charge in [0.15, 0.2) is 5.96 Å². The molecule has 0 bridgehead atoms. The lowest BCUT2D eigenvalue weighted by Crippen LogP contribution is -2.38. The van der Waals surface area contributed by atoms with Crippen LogP contribution in [-0.2, 0) is 26.4 Å². The van der Waals surface area contributed by atoms with E-state index in [1.165, 1.54) is 33.3 Å². The number of para-hydroxylation sites is 1. The summed E-state index contributed by atoms with van der Waals surface area (Å²) in [4.78, 5) is 7.78. The predicted molar refractivity (Wildman–Crippen MR) is 112 cm³/mol. The maximum Gasteiger partial charge on any atom is 0.191 e. The van der Waals surface area contributed by atoms with Crippen LogP contribution in [-0.4, -0.2) is 34.3 Å². The van der Waals surface area contributed by atoms with Gasteiger partial charge in [-0.05, 0) is 37.8 Å². The zero-order valence-electron chi connectivity index (χ0n) is 17.0. The van der Waals surface area contributed by atoms with Gasteiger partial charge in [0.2, 0.25) is 0 Å². The molecule has 0 atom stereocenters. The second kappa shape index (κ2) is 8.29. The Labute approximate surface area is 161 Å². The Bertz CT molecular complexity index is 947. The Morgan fingerprint density at radius 1 is 1.22 bits per heavy atom. The third-order valence-electron chi connectivity index (χ3n) is 5.27. The summed E-state index contributed by atoms with van der Waals surface area (Å²) in [6.07, 6.45) is 4.11. The summed E-state index contributed by atoms with van der Waals surface area (Å²) in [5.74, 6) is 0.812. The van der Waals surface area contributed by atoms with Crippen LogP contribution in [0.3, 0.4) is 0 Å². The summed E-state index contributed by atoms with van der Waals surface area (Å²) >= 11 is 0. The monoisotopic (exact) mass is 366 g/mol. The molecule has 0 unspecified atom stereocenters. The molecule has 2 aromatic heterocycles. The first-order valence-corrected chi connectivity index (χ1v) is 9.56. The van der Waals surface area contributed by atoms with E-state index >= 15 is 0 Å². The molecule has 144 valence electrons. The fourth-order valence-corrected chi connectivity index (χ4v) is 3.56. The van der Waals surface area contributed by atoms with Gasteiger partial charge in [-0.25, -0.2) is 0 Å². The number of nitrogens with zero attached hydrogens (tertiary/aromatic N) is 3. The van der Waals surface area contributed by atoms with E-state index in [0.29, 0.717) is 0 Å². The molecule has 3 aromatic rings. The molecule has 1 aromatic carbocycles. The van der Waals surface area contributed by atoms with Crippen molar-refractivity contribution in [2.45, 2.75) is 40.2 Å². The molecule has 3 N–H and O–H groups in total. The number of rotatable bonds is 6. The van der Waals surface area contributed by atoms with E-state index in [9.17, 15) is 0 Å². The highest BCUT2D eigenvalue weighted by molar-refractivity contribution is 5.86. The summed E-state index contributed by atoms with van der Waals surface area (Å²) in [6, 6.07) is 6.53. The number of aromatic nitrogens is 3. The smallest absolute Gasteiger partial charge is 0.191 e. The van der Waals surface area contributed by atoms with Gasteiger partial charge in [-0.3, -0.25) is 9.67 Å². The van der Waals surface area contributed by atoms with Crippen molar-refractivity contribution in [2.75, 3.05) is 13.6 Å². The number of benzene rings is 1. The molecule has 0 aliphatic rings. The quantitative estimate of drug-likeness (QED) is 0.464. The lowest BCUT2D eigenvalue weighted by Gasteiger charge is -2.12. The van der Waals surface area contributed by atoms with E-state index in [1.54, 1.807) is 7.05 Å². The van der Waals surface area contributed by atoms with Crippen LogP contribution in [0, 0.1) is 13.8 Å². The number of aliphatic imine (C=N–C) groups is 1. The summed E-state index contributed by atoms with van der Waals surface area (Å²) in [5.41, 5.74) is 7.43. The molecule has 0 radical (unpaired) electrons. The normalized spacial score (nSPS) is 12.0. The van der Waals surface area contributed by atoms with Crippen LogP contribution >= 0.6 is 0 Å². The third kappa shape index (κ3) is 3.99. The second-order valence-electron chi connectivity index (χ2n) is 6.88. The van der Waals surface area contributed by atoms with Crippen LogP contribution in [0.15, 0.2) is 29.4 Å². The minimum atomic E-state index is 0.720. The van der Waals surface area contributed by atoms with E-state index in [2.05, 4.69) is 64.0 Å². The first kappa shape index (κ1) is 19.0. The Morgan fingerprint density at radius 3 is 2.70 bits per heavy atom. The Hall–Kier alpha value is -2.76. The minimum absolute atomic E-state index is 0.720. The molecule has 0 saturated carbocycles. The average molecular weight is 367 g/mol. The maximum absolute atomic E-state index is 4.47. The molecular formula is C21H30N6. The van der Waals surface area contributed by atoms with Gasteiger partial charge in [-0.15, -0.1) is 0 Å². The van der Waals surface area contributed by atoms with Crippen molar-refractivity contribution in [2.24, 2.45) is 12.0 Å². The fraction of sp³-hybridized carbons (Fsp3) is 0.429. The highest BCUT2D eigenvalue weighted by Gasteiger charge is 2.10. The number of nitrogens with one attached hydrogen (secondary N) is 3. The number of guanidine groups is 1. The number of hydrogen-bond donors (Lipinski definition) is 3. The number of H-pyrrole nitrogens is 1. The summed E-state index contributed by atoms with van der Waals surface area (Å²) in [5, 5.41) is 12.6. The zero-order chi connectivity index (χ0) is 19.4. The van der Waals surface area contributed by atoms with Gasteiger partial charge >= 0.3 is 0 Å². The van der Waals surface area contributed by atoms with E-state index in [0.717, 1.165) is 37.6 Å². The van der Waals surface area contributed by atoms with Crippen molar-refractivity contribution in [1.82, 2.24) is 25.4 Å². The summed E-state index contributed by atoms with van der Waals surface area (Å²) in [6.45, 7) is 7.88. The van der Waals surface area contributed by atoms with Crippen molar-refractivity contribution in [3.8, 4) is 0 Å². The molecule has 0 spiro atoms. The topological polar surface area (TPSA) is 70.0 Å². The number of aryl methyl sites for hydroxylation is 3. The maximum atomic E-state index is 4.47. The van der Waals surface area contributed by atoms with Crippen molar-refractivity contribution < 1.29 is 0 Å². The molecule has 0 saturated heterocycles. The molecule has 0 fully saturated rings. The predicted octanol–water partition coefficient (Wildman–Crippen LogP) is 2.99. The van der Waals surface area contributed by atoms with Gasteiger partial charge in [0.05, 0.1) is 5.69 Å². The van der Waals surface area contributed by atoms with E-state index in [1.807, 2.05) is 18.7 Å². The summed E-state index contributed by atoms with van der Waals surface area (Å²) < 4.78 is 1.92. The molecule has 2 heterocycles. The Kier molecular flexibility index (Phi) is 5.84. The highest BCUT2D eigenvalue weighted by atomic mass is 15.3. The van der Waals surface area contributed by atoms with Gasteiger partial charge in [0.1, 0.15) is 0 Å². The standard InChI is InChI=1S/C21H30N6/c1-6-16-8-7-9-18-17(12-24-20(16)18)10-11-23-21(22-4)25-13-19-14(2)26-27(5)15(19)3/h7-9,12,24H,6,10-11,13H2,1-5H3,(H2,22,23,25). The van der Waals surface area contributed by atoms with Gasteiger partial charge in [-0.1, -0.05) is 25.1 Å². The lowest BCUT2D eigenvalue weighted by molar-refractivity contribution is 0.728. The minimum Gasteiger partial charge on any atom is -0.361 e. The second-order valence-corrected chi connectivity index (χ2v) is 6.88. The van der Waals surface area contributed by atoms with E-state index < -0.39 is 0 Å². The molecular weight excluding hydrogens is 336 g/mol. The highest BCUT2D eigenvalue weighted by Crippen LogP contribution is 2.22.